The number of hydrogen-bond donors (Lipinski definition) is 0. The number of ether oxygens (including phenoxy) is 1. The molecule has 0 bridgehead atoms. The van der Waals surface area contributed by atoms with E-state index in [9.17, 15) is 9.59 Å². The number of carbonyl (C=O) groups is 2. The zero-order valence-corrected chi connectivity index (χ0v) is 16.3. The first-order valence-corrected chi connectivity index (χ1v) is 9.39. The van der Waals surface area contributed by atoms with Gasteiger partial charge in [0, 0.05) is 32.7 Å². The van der Waals surface area contributed by atoms with Crippen molar-refractivity contribution in [2.45, 2.75) is 13.5 Å². The number of hydrogen-bond acceptors (Lipinski definition) is 8. The number of amides is 1. The highest BCUT2D eigenvalue weighted by atomic mass is 16.5. The number of nitrogens with zero attached hydrogens (tertiary/aromatic N) is 7. The van der Waals surface area contributed by atoms with Crippen molar-refractivity contribution < 1.29 is 14.3 Å². The Morgan fingerprint density at radius 2 is 1.79 bits per heavy atom. The highest BCUT2D eigenvalue weighted by molar-refractivity contribution is 6.05. The summed E-state index contributed by atoms with van der Waals surface area (Å²) >= 11 is 0. The number of aryl methyl sites for hydroxylation is 1. The van der Waals surface area contributed by atoms with Crippen LogP contribution in [0.3, 0.4) is 0 Å². The zero-order valence-electron chi connectivity index (χ0n) is 16.3. The maximum Gasteiger partial charge on any atom is 0.338 e. The van der Waals surface area contributed by atoms with E-state index >= 15 is 0 Å². The number of anilines is 1. The molecule has 10 heteroatoms. The second kappa shape index (κ2) is 7.82. The van der Waals surface area contributed by atoms with E-state index in [2.05, 4.69) is 25.2 Å². The first kappa shape index (κ1) is 18.8. The number of carbonyl (C=O) groups excluding carboxylic acids is 2. The van der Waals surface area contributed by atoms with Crippen molar-refractivity contribution in [1.82, 2.24) is 29.9 Å². The lowest BCUT2D eigenvalue weighted by Crippen LogP contribution is -2.49. The van der Waals surface area contributed by atoms with Crippen molar-refractivity contribution in [3.8, 4) is 0 Å². The quantitative estimate of drug-likeness (QED) is 0.602. The van der Waals surface area contributed by atoms with Crippen LogP contribution in [-0.4, -0.2) is 75.0 Å². The van der Waals surface area contributed by atoms with E-state index in [1.807, 2.05) is 6.92 Å². The lowest BCUT2D eigenvalue weighted by molar-refractivity contribution is 0.0589. The van der Waals surface area contributed by atoms with Crippen LogP contribution in [0.5, 0.6) is 0 Å². The average molecular weight is 395 g/mol. The first-order chi connectivity index (χ1) is 14.1. The molecule has 0 N–H and O–H groups in total. The van der Waals surface area contributed by atoms with Crippen LogP contribution in [0.1, 0.15) is 27.6 Å². The molecule has 2 aromatic heterocycles. The summed E-state index contributed by atoms with van der Waals surface area (Å²) in [6.45, 7) is 4.85. The van der Waals surface area contributed by atoms with Crippen LogP contribution in [0, 0.1) is 0 Å². The molecule has 3 heterocycles. The summed E-state index contributed by atoms with van der Waals surface area (Å²) in [5, 5.41) is 8.34. The third-order valence-corrected chi connectivity index (χ3v) is 5.01. The van der Waals surface area contributed by atoms with Gasteiger partial charge in [-0.1, -0.05) is 17.3 Å². The van der Waals surface area contributed by atoms with Gasteiger partial charge in [0.25, 0.3) is 5.91 Å². The second-order valence-corrected chi connectivity index (χ2v) is 6.59. The Bertz CT molecular complexity index is 1060. The van der Waals surface area contributed by atoms with Crippen molar-refractivity contribution >= 4 is 28.9 Å². The van der Waals surface area contributed by atoms with E-state index < -0.39 is 5.97 Å². The van der Waals surface area contributed by atoms with Gasteiger partial charge in [0.2, 0.25) is 0 Å². The van der Waals surface area contributed by atoms with Crippen LogP contribution < -0.4 is 4.90 Å². The highest BCUT2D eigenvalue weighted by Gasteiger charge is 2.27. The summed E-state index contributed by atoms with van der Waals surface area (Å²) in [5.41, 5.74) is 1.98. The summed E-state index contributed by atoms with van der Waals surface area (Å²) in [5.74, 6) is 0.0159. The summed E-state index contributed by atoms with van der Waals surface area (Å²) in [6.07, 6.45) is 1.51. The molecule has 29 heavy (non-hydrogen) atoms. The second-order valence-electron chi connectivity index (χ2n) is 6.59. The van der Waals surface area contributed by atoms with Gasteiger partial charge in [-0.25, -0.2) is 19.4 Å². The predicted octanol–water partition coefficient (Wildman–Crippen LogP) is 0.990. The van der Waals surface area contributed by atoms with Gasteiger partial charge >= 0.3 is 5.97 Å². The first-order valence-electron chi connectivity index (χ1n) is 9.39. The smallest absolute Gasteiger partial charge is 0.338 e. The maximum absolute atomic E-state index is 13.0. The summed E-state index contributed by atoms with van der Waals surface area (Å²) in [7, 11) is 1.31. The Hall–Kier alpha value is -3.56. The van der Waals surface area contributed by atoms with Gasteiger partial charge < -0.3 is 14.5 Å². The molecule has 0 unspecified atom stereocenters. The van der Waals surface area contributed by atoms with Crippen LogP contribution in [0.4, 0.5) is 5.82 Å². The molecule has 4 rings (SSSR count). The van der Waals surface area contributed by atoms with Gasteiger partial charge in [0.05, 0.1) is 18.2 Å². The molecule has 1 amide bonds. The molecule has 1 aliphatic heterocycles. The lowest BCUT2D eigenvalue weighted by Gasteiger charge is -2.35. The topological polar surface area (TPSA) is 106 Å². The molecule has 0 atom stereocenters. The van der Waals surface area contributed by atoms with Crippen molar-refractivity contribution in [2.24, 2.45) is 0 Å². The number of benzene rings is 1. The standard InChI is InChI=1S/C19H21N7O3/c1-3-26-17-15(22-23-26)16(20-12-21-17)24-8-10-25(11-9-24)18(27)13-6-4-5-7-14(13)19(28)29-2/h4-7,12H,3,8-11H2,1-2H3. The summed E-state index contributed by atoms with van der Waals surface area (Å²) in [4.78, 5) is 37.4. The van der Waals surface area contributed by atoms with E-state index in [4.69, 9.17) is 4.74 Å². The fourth-order valence-corrected chi connectivity index (χ4v) is 3.47. The molecular weight excluding hydrogens is 374 g/mol. The van der Waals surface area contributed by atoms with E-state index in [1.165, 1.54) is 13.4 Å². The summed E-state index contributed by atoms with van der Waals surface area (Å²) < 4.78 is 6.52. The Balaban J connectivity index is 1.52. The minimum atomic E-state index is -0.519. The molecule has 0 radical (unpaired) electrons. The summed E-state index contributed by atoms with van der Waals surface area (Å²) in [6, 6.07) is 6.71. The van der Waals surface area contributed by atoms with Gasteiger partial charge in [0.15, 0.2) is 17.0 Å². The number of aromatic nitrogens is 5. The SMILES string of the molecule is CCn1nnc2c(N3CCN(C(=O)c4ccccc4C(=O)OC)CC3)ncnc21. The Labute approximate surface area is 167 Å². The normalized spacial score (nSPS) is 14.3. The zero-order chi connectivity index (χ0) is 20.4. The Morgan fingerprint density at radius 1 is 1.07 bits per heavy atom. The molecule has 150 valence electrons. The number of methoxy groups -OCH3 is 1. The van der Waals surface area contributed by atoms with Crippen molar-refractivity contribution in [3.63, 3.8) is 0 Å². The van der Waals surface area contributed by atoms with Gasteiger partial charge in [-0.15, -0.1) is 5.10 Å². The minimum absolute atomic E-state index is 0.185. The largest absolute Gasteiger partial charge is 0.465 e. The van der Waals surface area contributed by atoms with Gasteiger partial charge in [-0.05, 0) is 19.1 Å². The van der Waals surface area contributed by atoms with Crippen molar-refractivity contribution in [2.75, 3.05) is 38.2 Å². The molecule has 10 nitrogen and oxygen atoms in total. The van der Waals surface area contributed by atoms with Crippen LogP contribution in [0.15, 0.2) is 30.6 Å². The third kappa shape index (κ3) is 3.37. The molecule has 1 saturated heterocycles. The van der Waals surface area contributed by atoms with E-state index in [-0.39, 0.29) is 11.5 Å². The molecule has 1 fully saturated rings. The molecular formula is C19H21N7O3. The number of fused-ring (bicyclic) bond motifs is 1. The fraction of sp³-hybridized carbons (Fsp3) is 0.368. The highest BCUT2D eigenvalue weighted by Crippen LogP contribution is 2.22. The predicted molar refractivity (Wildman–Crippen MR) is 105 cm³/mol. The number of piperazine rings is 1. The minimum Gasteiger partial charge on any atom is -0.465 e. The number of rotatable bonds is 4. The van der Waals surface area contributed by atoms with Gasteiger partial charge in [-0.3, -0.25) is 4.79 Å². The number of esters is 1. The fourth-order valence-electron chi connectivity index (χ4n) is 3.47. The van der Waals surface area contributed by atoms with Crippen LogP contribution in [0.25, 0.3) is 11.2 Å². The molecule has 3 aromatic rings. The molecule has 0 aliphatic carbocycles. The molecule has 1 aromatic carbocycles. The van der Waals surface area contributed by atoms with Gasteiger partial charge in [0.1, 0.15) is 6.33 Å². The Morgan fingerprint density at radius 3 is 2.48 bits per heavy atom. The molecule has 1 aliphatic rings. The van der Waals surface area contributed by atoms with Crippen LogP contribution in [-0.2, 0) is 11.3 Å². The van der Waals surface area contributed by atoms with Crippen molar-refractivity contribution in [1.29, 1.82) is 0 Å². The van der Waals surface area contributed by atoms with E-state index in [0.717, 1.165) is 5.82 Å². The van der Waals surface area contributed by atoms with E-state index in [1.54, 1.807) is 33.8 Å². The Kier molecular flexibility index (Phi) is 5.07. The van der Waals surface area contributed by atoms with Crippen molar-refractivity contribution in [3.05, 3.63) is 41.7 Å². The van der Waals surface area contributed by atoms with Crippen LogP contribution in [0.2, 0.25) is 0 Å². The van der Waals surface area contributed by atoms with Crippen LogP contribution >= 0.6 is 0 Å². The molecule has 0 spiro atoms. The monoisotopic (exact) mass is 395 g/mol. The third-order valence-electron chi connectivity index (χ3n) is 5.01. The average Bonchev–Trinajstić information content (AvgIpc) is 3.21. The van der Waals surface area contributed by atoms with Gasteiger partial charge in [-0.2, -0.15) is 0 Å². The molecule has 0 saturated carbocycles. The maximum atomic E-state index is 13.0. The van der Waals surface area contributed by atoms with E-state index in [0.29, 0.717) is 49.5 Å². The lowest BCUT2D eigenvalue weighted by atomic mass is 10.1.